The minimum atomic E-state index is 0.618. The molecule has 1 atom stereocenters. The Balaban J connectivity index is 2.75. The lowest BCUT2D eigenvalue weighted by Gasteiger charge is -2.17. The number of aryl methyl sites for hydroxylation is 1. The van der Waals surface area contributed by atoms with Gasteiger partial charge >= 0.3 is 0 Å². The SMILES string of the molecule is CCCCC(CC)COc1nc(CC)nc(NC)c1C. The summed E-state index contributed by atoms with van der Waals surface area (Å²) in [6, 6.07) is 0. The highest BCUT2D eigenvalue weighted by Crippen LogP contribution is 2.23. The van der Waals surface area contributed by atoms with Crippen molar-refractivity contribution in [3.05, 3.63) is 11.4 Å². The molecule has 0 radical (unpaired) electrons. The van der Waals surface area contributed by atoms with Gasteiger partial charge in [0, 0.05) is 13.5 Å². The number of anilines is 1. The van der Waals surface area contributed by atoms with E-state index >= 15 is 0 Å². The fourth-order valence-electron chi connectivity index (χ4n) is 2.18. The highest BCUT2D eigenvalue weighted by Gasteiger charge is 2.13. The molecule has 1 N–H and O–H groups in total. The molecule has 0 spiro atoms. The second-order valence-corrected chi connectivity index (χ2v) is 5.25. The van der Waals surface area contributed by atoms with Crippen molar-refractivity contribution in [2.45, 2.75) is 59.8 Å². The number of nitrogens with zero attached hydrogens (tertiary/aromatic N) is 2. The van der Waals surface area contributed by atoms with E-state index < -0.39 is 0 Å². The Morgan fingerprint density at radius 3 is 2.50 bits per heavy atom. The van der Waals surface area contributed by atoms with E-state index in [1.165, 1.54) is 19.3 Å². The predicted molar refractivity (Wildman–Crippen MR) is 84.5 cm³/mol. The number of nitrogens with one attached hydrogen (secondary N) is 1. The molecule has 1 aromatic rings. The van der Waals surface area contributed by atoms with E-state index in [0.29, 0.717) is 5.92 Å². The first-order chi connectivity index (χ1) is 9.65. The number of rotatable bonds is 9. The molecule has 0 amide bonds. The smallest absolute Gasteiger partial charge is 0.221 e. The Bertz CT molecular complexity index is 407. The van der Waals surface area contributed by atoms with Crippen LogP contribution in [0.25, 0.3) is 0 Å². The Morgan fingerprint density at radius 2 is 1.95 bits per heavy atom. The highest BCUT2D eigenvalue weighted by atomic mass is 16.5. The summed E-state index contributed by atoms with van der Waals surface area (Å²) in [5.74, 6) is 3.05. The molecule has 0 bridgehead atoms. The Morgan fingerprint density at radius 1 is 1.20 bits per heavy atom. The van der Waals surface area contributed by atoms with E-state index in [1.807, 2.05) is 14.0 Å². The molecule has 20 heavy (non-hydrogen) atoms. The van der Waals surface area contributed by atoms with Gasteiger partial charge in [-0.25, -0.2) is 4.98 Å². The van der Waals surface area contributed by atoms with Crippen molar-refractivity contribution in [2.75, 3.05) is 19.0 Å². The number of ether oxygens (including phenoxy) is 1. The monoisotopic (exact) mass is 279 g/mol. The lowest BCUT2D eigenvalue weighted by atomic mass is 10.0. The fraction of sp³-hybridized carbons (Fsp3) is 0.750. The zero-order valence-electron chi connectivity index (χ0n) is 13.6. The molecule has 0 aromatic carbocycles. The van der Waals surface area contributed by atoms with Crippen LogP contribution in [0.3, 0.4) is 0 Å². The van der Waals surface area contributed by atoms with Crippen molar-refractivity contribution in [2.24, 2.45) is 5.92 Å². The second kappa shape index (κ2) is 8.77. The lowest BCUT2D eigenvalue weighted by molar-refractivity contribution is 0.224. The number of unbranched alkanes of at least 4 members (excludes halogenated alkanes) is 1. The molecule has 0 saturated heterocycles. The van der Waals surface area contributed by atoms with Gasteiger partial charge in [-0.1, -0.05) is 40.0 Å². The van der Waals surface area contributed by atoms with E-state index in [2.05, 4.69) is 36.1 Å². The van der Waals surface area contributed by atoms with E-state index in [0.717, 1.165) is 42.5 Å². The van der Waals surface area contributed by atoms with Gasteiger partial charge in [-0.05, 0) is 19.3 Å². The van der Waals surface area contributed by atoms with Gasteiger partial charge in [0.25, 0.3) is 0 Å². The lowest BCUT2D eigenvalue weighted by Crippen LogP contribution is -2.14. The maximum Gasteiger partial charge on any atom is 0.221 e. The van der Waals surface area contributed by atoms with Gasteiger partial charge in [0.1, 0.15) is 11.6 Å². The number of hydrogen-bond acceptors (Lipinski definition) is 4. The summed E-state index contributed by atoms with van der Waals surface area (Å²) in [5, 5.41) is 3.12. The number of hydrogen-bond donors (Lipinski definition) is 1. The van der Waals surface area contributed by atoms with Gasteiger partial charge in [0.15, 0.2) is 0 Å². The van der Waals surface area contributed by atoms with Crippen molar-refractivity contribution in [3.63, 3.8) is 0 Å². The zero-order valence-corrected chi connectivity index (χ0v) is 13.6. The van der Waals surface area contributed by atoms with Gasteiger partial charge in [-0.3, -0.25) is 0 Å². The van der Waals surface area contributed by atoms with Crippen LogP contribution in [0.2, 0.25) is 0 Å². The van der Waals surface area contributed by atoms with E-state index in [1.54, 1.807) is 0 Å². The Hall–Kier alpha value is -1.32. The summed E-state index contributed by atoms with van der Waals surface area (Å²) in [5.41, 5.74) is 0.995. The minimum absolute atomic E-state index is 0.618. The van der Waals surface area contributed by atoms with Crippen molar-refractivity contribution in [3.8, 4) is 5.88 Å². The number of aromatic nitrogens is 2. The molecule has 4 heteroatoms. The Labute approximate surface area is 123 Å². The van der Waals surface area contributed by atoms with E-state index in [4.69, 9.17) is 4.74 Å². The zero-order chi connectivity index (χ0) is 15.0. The summed E-state index contributed by atoms with van der Waals surface area (Å²) in [6.45, 7) is 9.28. The predicted octanol–water partition coefficient (Wildman–Crippen LogP) is 3.98. The van der Waals surface area contributed by atoms with Gasteiger partial charge in [-0.2, -0.15) is 4.98 Å². The van der Waals surface area contributed by atoms with Crippen molar-refractivity contribution in [1.82, 2.24) is 9.97 Å². The van der Waals surface area contributed by atoms with Crippen LogP contribution in [-0.2, 0) is 6.42 Å². The third-order valence-electron chi connectivity index (χ3n) is 3.70. The third-order valence-corrected chi connectivity index (χ3v) is 3.70. The van der Waals surface area contributed by atoms with Gasteiger partial charge < -0.3 is 10.1 Å². The molecule has 0 saturated carbocycles. The summed E-state index contributed by atoms with van der Waals surface area (Å²) in [7, 11) is 1.88. The van der Waals surface area contributed by atoms with Crippen LogP contribution < -0.4 is 10.1 Å². The van der Waals surface area contributed by atoms with Crippen LogP contribution in [0.15, 0.2) is 0 Å². The third kappa shape index (κ3) is 4.66. The summed E-state index contributed by atoms with van der Waals surface area (Å²) < 4.78 is 5.98. The first-order valence-corrected chi connectivity index (χ1v) is 7.84. The molecule has 0 aliphatic rings. The summed E-state index contributed by atoms with van der Waals surface area (Å²) in [4.78, 5) is 8.98. The molecule has 1 rings (SSSR count). The highest BCUT2D eigenvalue weighted by molar-refractivity contribution is 5.48. The Kier molecular flexibility index (Phi) is 7.34. The summed E-state index contributed by atoms with van der Waals surface area (Å²) >= 11 is 0. The molecule has 114 valence electrons. The molecule has 0 fully saturated rings. The first-order valence-electron chi connectivity index (χ1n) is 7.84. The molecular formula is C16H29N3O. The van der Waals surface area contributed by atoms with Crippen molar-refractivity contribution >= 4 is 5.82 Å². The maximum absolute atomic E-state index is 5.98. The van der Waals surface area contributed by atoms with E-state index in [-0.39, 0.29) is 0 Å². The van der Waals surface area contributed by atoms with Gasteiger partial charge in [-0.15, -0.1) is 0 Å². The average molecular weight is 279 g/mol. The molecule has 4 nitrogen and oxygen atoms in total. The molecular weight excluding hydrogens is 250 g/mol. The fourth-order valence-corrected chi connectivity index (χ4v) is 2.18. The van der Waals surface area contributed by atoms with Crippen LogP contribution in [0.1, 0.15) is 57.8 Å². The minimum Gasteiger partial charge on any atom is -0.477 e. The van der Waals surface area contributed by atoms with Crippen LogP contribution in [0.4, 0.5) is 5.82 Å². The van der Waals surface area contributed by atoms with Crippen LogP contribution >= 0.6 is 0 Å². The maximum atomic E-state index is 5.98. The van der Waals surface area contributed by atoms with Crippen molar-refractivity contribution in [1.29, 1.82) is 0 Å². The molecule has 0 aliphatic heterocycles. The quantitative estimate of drug-likeness (QED) is 0.742. The standard InChI is InChI=1S/C16H29N3O/c1-6-9-10-13(7-2)11-20-16-12(4)15(17-5)18-14(8-3)19-16/h13H,6-11H2,1-5H3,(H,17,18,19). The normalized spacial score (nSPS) is 12.2. The van der Waals surface area contributed by atoms with Gasteiger partial charge in [0.05, 0.1) is 12.2 Å². The van der Waals surface area contributed by atoms with E-state index in [9.17, 15) is 0 Å². The first kappa shape index (κ1) is 16.7. The largest absolute Gasteiger partial charge is 0.477 e. The van der Waals surface area contributed by atoms with Gasteiger partial charge in [0.2, 0.25) is 5.88 Å². The summed E-state index contributed by atoms with van der Waals surface area (Å²) in [6.07, 6.45) is 5.72. The molecule has 0 aliphatic carbocycles. The second-order valence-electron chi connectivity index (χ2n) is 5.25. The molecule has 1 heterocycles. The molecule has 1 unspecified atom stereocenters. The van der Waals surface area contributed by atoms with Crippen LogP contribution in [-0.4, -0.2) is 23.6 Å². The van der Waals surface area contributed by atoms with Crippen molar-refractivity contribution < 1.29 is 4.74 Å². The topological polar surface area (TPSA) is 47.0 Å². The molecule has 1 aromatic heterocycles. The van der Waals surface area contributed by atoms with Crippen LogP contribution in [0.5, 0.6) is 5.88 Å². The van der Waals surface area contributed by atoms with Crippen LogP contribution in [0, 0.1) is 12.8 Å². The average Bonchev–Trinajstić information content (AvgIpc) is 2.48.